The number of carbonyl (C=O) groups is 1. The highest BCUT2D eigenvalue weighted by Crippen LogP contribution is 2.26. The van der Waals surface area contributed by atoms with Crippen molar-refractivity contribution in [2.45, 2.75) is 26.2 Å². The van der Waals surface area contributed by atoms with Crippen LogP contribution in [0.5, 0.6) is 0 Å². The minimum absolute atomic E-state index is 0.272. The van der Waals surface area contributed by atoms with Gasteiger partial charge in [0, 0.05) is 6.54 Å². The lowest BCUT2D eigenvalue weighted by atomic mass is 9.85. The van der Waals surface area contributed by atoms with Crippen molar-refractivity contribution in [1.82, 2.24) is 4.98 Å². The molecule has 86 valence electrons. The molecule has 0 spiro atoms. The summed E-state index contributed by atoms with van der Waals surface area (Å²) in [4.78, 5) is 15.0. The Kier molecular flexibility index (Phi) is 3.08. The highest BCUT2D eigenvalue weighted by Gasteiger charge is 2.17. The molecule has 0 saturated heterocycles. The lowest BCUT2D eigenvalue weighted by Gasteiger charge is -2.25. The maximum absolute atomic E-state index is 10.8. The molecule has 1 fully saturated rings. The topological polar surface area (TPSA) is 62.2 Å². The van der Waals surface area contributed by atoms with Crippen LogP contribution in [0, 0.1) is 12.8 Å². The third-order valence-electron chi connectivity index (χ3n) is 3.11. The highest BCUT2D eigenvalue weighted by atomic mass is 16.4. The van der Waals surface area contributed by atoms with Crippen LogP contribution in [0.15, 0.2) is 12.1 Å². The first-order valence-electron chi connectivity index (χ1n) is 5.61. The summed E-state index contributed by atoms with van der Waals surface area (Å²) in [7, 11) is 0. The Bertz CT molecular complexity index is 400. The van der Waals surface area contributed by atoms with Crippen molar-refractivity contribution in [1.29, 1.82) is 0 Å². The molecule has 0 atom stereocenters. The fourth-order valence-corrected chi connectivity index (χ4v) is 1.83. The molecule has 0 amide bonds. The summed E-state index contributed by atoms with van der Waals surface area (Å²) in [5.74, 6) is 0.617. The van der Waals surface area contributed by atoms with Gasteiger partial charge in [0.25, 0.3) is 0 Å². The normalized spacial score (nSPS) is 15.6. The number of carboxylic acid groups (broad SMARTS) is 1. The predicted molar refractivity (Wildman–Crippen MR) is 61.8 cm³/mol. The largest absolute Gasteiger partial charge is 0.478 e. The van der Waals surface area contributed by atoms with E-state index < -0.39 is 5.97 Å². The summed E-state index contributed by atoms with van der Waals surface area (Å²) in [5, 5.41) is 12.1. The first-order chi connectivity index (χ1) is 7.66. The molecule has 4 nitrogen and oxygen atoms in total. The lowest BCUT2D eigenvalue weighted by molar-refractivity contribution is 0.0695. The van der Waals surface area contributed by atoms with Crippen LogP contribution in [0.25, 0.3) is 0 Å². The van der Waals surface area contributed by atoms with Crippen LogP contribution < -0.4 is 5.32 Å². The molecular weight excluding hydrogens is 204 g/mol. The number of aryl methyl sites for hydroxylation is 1. The molecule has 16 heavy (non-hydrogen) atoms. The van der Waals surface area contributed by atoms with E-state index in [4.69, 9.17) is 5.11 Å². The fraction of sp³-hybridized carbons (Fsp3) is 0.500. The predicted octanol–water partition coefficient (Wildman–Crippen LogP) is 2.30. The van der Waals surface area contributed by atoms with Crippen molar-refractivity contribution in [2.75, 3.05) is 11.9 Å². The van der Waals surface area contributed by atoms with E-state index in [1.807, 2.05) is 0 Å². The molecule has 0 unspecified atom stereocenters. The average molecular weight is 220 g/mol. The third kappa shape index (κ3) is 2.32. The lowest BCUT2D eigenvalue weighted by Crippen LogP contribution is -2.21. The fourth-order valence-electron chi connectivity index (χ4n) is 1.83. The number of rotatable bonds is 4. The van der Waals surface area contributed by atoms with E-state index in [-0.39, 0.29) is 5.56 Å². The van der Waals surface area contributed by atoms with Crippen LogP contribution in [0.4, 0.5) is 5.82 Å². The Hall–Kier alpha value is -1.58. The molecule has 0 radical (unpaired) electrons. The van der Waals surface area contributed by atoms with Crippen LogP contribution in [-0.4, -0.2) is 22.6 Å². The Morgan fingerprint density at radius 3 is 2.81 bits per heavy atom. The number of hydrogen-bond donors (Lipinski definition) is 2. The molecule has 1 saturated carbocycles. The summed E-state index contributed by atoms with van der Waals surface area (Å²) in [6, 6.07) is 3.34. The van der Waals surface area contributed by atoms with E-state index in [0.29, 0.717) is 5.69 Å². The SMILES string of the molecule is Cc1nc(NCC2CCC2)ccc1C(=O)O. The second-order valence-electron chi connectivity index (χ2n) is 4.31. The van der Waals surface area contributed by atoms with Gasteiger partial charge in [-0.1, -0.05) is 6.42 Å². The summed E-state index contributed by atoms with van der Waals surface area (Å²) in [5.41, 5.74) is 0.834. The molecule has 1 aliphatic carbocycles. The van der Waals surface area contributed by atoms with Gasteiger partial charge in [0.2, 0.25) is 0 Å². The molecule has 0 aliphatic heterocycles. The first kappa shape index (κ1) is 10.9. The number of pyridine rings is 1. The van der Waals surface area contributed by atoms with Crippen molar-refractivity contribution in [3.05, 3.63) is 23.4 Å². The van der Waals surface area contributed by atoms with Crippen LogP contribution >= 0.6 is 0 Å². The molecule has 0 aromatic carbocycles. The summed E-state index contributed by atoms with van der Waals surface area (Å²) < 4.78 is 0. The zero-order valence-corrected chi connectivity index (χ0v) is 9.36. The van der Waals surface area contributed by atoms with Crippen molar-refractivity contribution in [2.24, 2.45) is 5.92 Å². The number of nitrogens with zero attached hydrogens (tertiary/aromatic N) is 1. The second-order valence-corrected chi connectivity index (χ2v) is 4.31. The number of aromatic carboxylic acids is 1. The quantitative estimate of drug-likeness (QED) is 0.817. The van der Waals surface area contributed by atoms with E-state index in [9.17, 15) is 4.79 Å². The van der Waals surface area contributed by atoms with Crippen molar-refractivity contribution in [3.8, 4) is 0 Å². The van der Waals surface area contributed by atoms with E-state index in [1.165, 1.54) is 19.3 Å². The molecule has 1 aromatic rings. The van der Waals surface area contributed by atoms with Gasteiger partial charge in [0.05, 0.1) is 11.3 Å². The Balaban J connectivity index is 1.99. The Labute approximate surface area is 94.7 Å². The smallest absolute Gasteiger partial charge is 0.337 e. The molecule has 2 rings (SSSR count). The van der Waals surface area contributed by atoms with Crippen LogP contribution in [0.3, 0.4) is 0 Å². The van der Waals surface area contributed by atoms with Gasteiger partial charge in [-0.25, -0.2) is 9.78 Å². The minimum Gasteiger partial charge on any atom is -0.478 e. The average Bonchev–Trinajstić information content (AvgIpc) is 2.14. The standard InChI is InChI=1S/C12H16N2O2/c1-8-10(12(15)16)5-6-11(14-8)13-7-9-3-2-4-9/h5-6,9H,2-4,7H2,1H3,(H,13,14)(H,15,16). The molecule has 1 heterocycles. The van der Waals surface area contributed by atoms with Gasteiger partial charge in [-0.05, 0) is 37.8 Å². The number of nitrogens with one attached hydrogen (secondary N) is 1. The van der Waals surface area contributed by atoms with Gasteiger partial charge in [0.15, 0.2) is 0 Å². The van der Waals surface area contributed by atoms with Crippen molar-refractivity contribution >= 4 is 11.8 Å². The van der Waals surface area contributed by atoms with E-state index in [2.05, 4.69) is 10.3 Å². The number of anilines is 1. The maximum Gasteiger partial charge on any atom is 0.337 e. The molecule has 2 N–H and O–H groups in total. The highest BCUT2D eigenvalue weighted by molar-refractivity contribution is 5.89. The minimum atomic E-state index is -0.921. The van der Waals surface area contributed by atoms with E-state index >= 15 is 0 Å². The molecule has 4 heteroatoms. The summed E-state index contributed by atoms with van der Waals surface area (Å²) in [6.07, 6.45) is 3.91. The zero-order valence-electron chi connectivity index (χ0n) is 9.36. The molecule has 0 bridgehead atoms. The van der Waals surface area contributed by atoms with Crippen LogP contribution in [0.1, 0.15) is 35.3 Å². The van der Waals surface area contributed by atoms with Gasteiger partial charge in [0.1, 0.15) is 5.82 Å². The van der Waals surface area contributed by atoms with Gasteiger partial charge < -0.3 is 10.4 Å². The van der Waals surface area contributed by atoms with Crippen molar-refractivity contribution < 1.29 is 9.90 Å². The Morgan fingerprint density at radius 1 is 1.56 bits per heavy atom. The molecular formula is C12H16N2O2. The monoisotopic (exact) mass is 220 g/mol. The van der Waals surface area contributed by atoms with E-state index in [1.54, 1.807) is 19.1 Å². The third-order valence-corrected chi connectivity index (χ3v) is 3.11. The zero-order chi connectivity index (χ0) is 11.5. The van der Waals surface area contributed by atoms with Gasteiger partial charge in [-0.3, -0.25) is 0 Å². The van der Waals surface area contributed by atoms with Crippen LogP contribution in [-0.2, 0) is 0 Å². The summed E-state index contributed by atoms with van der Waals surface area (Å²) in [6.45, 7) is 2.66. The number of hydrogen-bond acceptors (Lipinski definition) is 3. The van der Waals surface area contributed by atoms with Gasteiger partial charge in [-0.15, -0.1) is 0 Å². The summed E-state index contributed by atoms with van der Waals surface area (Å²) >= 11 is 0. The maximum atomic E-state index is 10.8. The molecule has 1 aromatic heterocycles. The number of carboxylic acids is 1. The van der Waals surface area contributed by atoms with Crippen LogP contribution in [0.2, 0.25) is 0 Å². The number of aromatic nitrogens is 1. The van der Waals surface area contributed by atoms with Gasteiger partial charge in [-0.2, -0.15) is 0 Å². The first-order valence-corrected chi connectivity index (χ1v) is 5.61. The van der Waals surface area contributed by atoms with Crippen molar-refractivity contribution in [3.63, 3.8) is 0 Å². The Morgan fingerprint density at radius 2 is 2.31 bits per heavy atom. The van der Waals surface area contributed by atoms with Gasteiger partial charge >= 0.3 is 5.97 Å². The molecule has 1 aliphatic rings. The van der Waals surface area contributed by atoms with E-state index in [0.717, 1.165) is 18.3 Å². The second kappa shape index (κ2) is 4.51.